The fourth-order valence-electron chi connectivity index (χ4n) is 2.17. The molecular formula is C16H15FN2O2S. The van der Waals surface area contributed by atoms with Crippen LogP contribution in [0.3, 0.4) is 0 Å². The lowest BCUT2D eigenvalue weighted by molar-refractivity contribution is 0.101. The Bertz CT molecular complexity index is 675. The average Bonchev–Trinajstić information content (AvgIpc) is 3.03. The number of ether oxygens (including phenoxy) is 1. The van der Waals surface area contributed by atoms with Crippen molar-refractivity contribution in [1.29, 1.82) is 0 Å². The molecule has 0 spiro atoms. The third kappa shape index (κ3) is 3.39. The van der Waals surface area contributed by atoms with Crippen molar-refractivity contribution in [1.82, 2.24) is 4.98 Å². The third-order valence-corrected chi connectivity index (χ3v) is 4.44. The number of rotatable bonds is 4. The van der Waals surface area contributed by atoms with Crippen LogP contribution in [0.15, 0.2) is 42.6 Å². The highest BCUT2D eigenvalue weighted by molar-refractivity contribution is 7.99. The monoisotopic (exact) mass is 318 g/mol. The number of nitrogens with zero attached hydrogens (tertiary/aromatic N) is 1. The fraction of sp³-hybridized carbons (Fsp3) is 0.250. The molecule has 1 aromatic heterocycles. The molecule has 1 unspecified atom stereocenters. The molecule has 0 bridgehead atoms. The molecule has 1 N–H and O–H groups in total. The number of pyridine rings is 1. The van der Waals surface area contributed by atoms with Gasteiger partial charge in [0.2, 0.25) is 5.88 Å². The van der Waals surface area contributed by atoms with Gasteiger partial charge in [0.05, 0.1) is 5.69 Å². The van der Waals surface area contributed by atoms with Crippen molar-refractivity contribution >= 4 is 23.4 Å². The number of para-hydroxylation sites is 1. The van der Waals surface area contributed by atoms with Crippen molar-refractivity contribution < 1.29 is 13.9 Å². The van der Waals surface area contributed by atoms with Crippen LogP contribution in [0.25, 0.3) is 0 Å². The van der Waals surface area contributed by atoms with E-state index in [2.05, 4.69) is 10.3 Å². The molecule has 0 saturated carbocycles. The molecule has 4 nitrogen and oxygen atoms in total. The van der Waals surface area contributed by atoms with Crippen LogP contribution < -0.4 is 10.1 Å². The molecule has 1 aromatic carbocycles. The lowest BCUT2D eigenvalue weighted by Crippen LogP contribution is -2.20. The Morgan fingerprint density at radius 1 is 1.32 bits per heavy atom. The number of nitrogens with one attached hydrogen (secondary N) is 1. The second-order valence-electron chi connectivity index (χ2n) is 4.89. The van der Waals surface area contributed by atoms with E-state index in [1.807, 2.05) is 11.8 Å². The minimum Gasteiger partial charge on any atom is -0.473 e. The summed E-state index contributed by atoms with van der Waals surface area (Å²) in [5.41, 5.74) is 0.446. The van der Waals surface area contributed by atoms with E-state index in [0.717, 1.165) is 17.9 Å². The van der Waals surface area contributed by atoms with Crippen molar-refractivity contribution in [3.05, 3.63) is 54.0 Å². The number of aromatic nitrogens is 1. The molecule has 1 atom stereocenters. The molecule has 3 rings (SSSR count). The van der Waals surface area contributed by atoms with Gasteiger partial charge in [0.1, 0.15) is 17.5 Å². The lowest BCUT2D eigenvalue weighted by atomic mass is 10.2. The third-order valence-electron chi connectivity index (χ3n) is 3.30. The van der Waals surface area contributed by atoms with Crippen molar-refractivity contribution in [2.24, 2.45) is 0 Å². The zero-order valence-electron chi connectivity index (χ0n) is 11.8. The van der Waals surface area contributed by atoms with Gasteiger partial charge in [0.15, 0.2) is 0 Å². The van der Waals surface area contributed by atoms with E-state index in [1.54, 1.807) is 30.5 Å². The number of benzene rings is 1. The van der Waals surface area contributed by atoms with Crippen molar-refractivity contribution in [3.63, 3.8) is 0 Å². The second-order valence-corrected chi connectivity index (χ2v) is 6.04. The summed E-state index contributed by atoms with van der Waals surface area (Å²) in [6.45, 7) is 0. The van der Waals surface area contributed by atoms with Crippen LogP contribution in [0.4, 0.5) is 10.1 Å². The van der Waals surface area contributed by atoms with E-state index < -0.39 is 11.7 Å². The van der Waals surface area contributed by atoms with Crippen LogP contribution in [0.5, 0.6) is 5.88 Å². The molecule has 6 heteroatoms. The minimum atomic E-state index is -0.477. The number of thioether (sulfide) groups is 1. The smallest absolute Gasteiger partial charge is 0.261 e. The van der Waals surface area contributed by atoms with Crippen LogP contribution in [-0.2, 0) is 0 Å². The SMILES string of the molecule is O=C(Nc1ccccc1F)c1cccnc1OC1CCSC1. The molecule has 22 heavy (non-hydrogen) atoms. The Hall–Kier alpha value is -2.08. The second kappa shape index (κ2) is 6.79. The molecule has 2 aromatic rings. The predicted molar refractivity (Wildman–Crippen MR) is 84.9 cm³/mol. The summed E-state index contributed by atoms with van der Waals surface area (Å²) in [6.07, 6.45) is 2.59. The van der Waals surface area contributed by atoms with Gasteiger partial charge in [-0.2, -0.15) is 11.8 Å². The number of hydrogen-bond acceptors (Lipinski definition) is 4. The van der Waals surface area contributed by atoms with Gasteiger partial charge in [-0.1, -0.05) is 12.1 Å². The van der Waals surface area contributed by atoms with Crippen LogP contribution in [0.1, 0.15) is 16.8 Å². The van der Waals surface area contributed by atoms with E-state index in [-0.39, 0.29) is 11.8 Å². The first-order valence-corrected chi connectivity index (χ1v) is 8.15. The van der Waals surface area contributed by atoms with Gasteiger partial charge in [0, 0.05) is 11.9 Å². The predicted octanol–water partition coefficient (Wildman–Crippen LogP) is 3.36. The molecule has 2 heterocycles. The summed E-state index contributed by atoms with van der Waals surface area (Å²) >= 11 is 1.82. The molecule has 0 radical (unpaired) electrons. The molecule has 1 aliphatic heterocycles. The first-order chi connectivity index (χ1) is 10.7. The van der Waals surface area contributed by atoms with Crippen LogP contribution in [-0.4, -0.2) is 28.5 Å². The molecule has 1 aliphatic rings. The highest BCUT2D eigenvalue weighted by Crippen LogP contribution is 2.25. The molecule has 1 amide bonds. The van der Waals surface area contributed by atoms with E-state index in [0.29, 0.717) is 11.4 Å². The number of anilines is 1. The van der Waals surface area contributed by atoms with Crippen LogP contribution in [0, 0.1) is 5.82 Å². The van der Waals surface area contributed by atoms with Gasteiger partial charge in [-0.15, -0.1) is 0 Å². The molecule has 1 fully saturated rings. The summed E-state index contributed by atoms with van der Waals surface area (Å²) in [4.78, 5) is 16.5. The standard InChI is InChI=1S/C16H15FN2O2S/c17-13-5-1-2-6-14(13)19-15(20)12-4-3-8-18-16(12)21-11-7-9-22-10-11/h1-6,8,11H,7,9-10H2,(H,19,20). The lowest BCUT2D eigenvalue weighted by Gasteiger charge is -2.14. The van der Waals surface area contributed by atoms with Gasteiger partial charge in [-0.25, -0.2) is 9.37 Å². The van der Waals surface area contributed by atoms with E-state index in [9.17, 15) is 9.18 Å². The summed E-state index contributed by atoms with van der Waals surface area (Å²) in [5.74, 6) is 1.33. The molecule has 114 valence electrons. The van der Waals surface area contributed by atoms with Crippen molar-refractivity contribution in [3.8, 4) is 5.88 Å². The first kappa shape index (κ1) is 14.8. The number of amides is 1. The van der Waals surface area contributed by atoms with Crippen molar-refractivity contribution in [2.75, 3.05) is 16.8 Å². The summed E-state index contributed by atoms with van der Waals surface area (Å²) in [7, 11) is 0. The van der Waals surface area contributed by atoms with E-state index in [1.165, 1.54) is 12.1 Å². The number of carbonyl (C=O) groups excluding carboxylic acids is 1. The van der Waals surface area contributed by atoms with Crippen LogP contribution >= 0.6 is 11.8 Å². The molecule has 1 saturated heterocycles. The molecule has 0 aliphatic carbocycles. The number of hydrogen-bond donors (Lipinski definition) is 1. The quantitative estimate of drug-likeness (QED) is 0.939. The van der Waals surface area contributed by atoms with E-state index in [4.69, 9.17) is 4.74 Å². The first-order valence-electron chi connectivity index (χ1n) is 6.99. The Morgan fingerprint density at radius 2 is 2.18 bits per heavy atom. The summed E-state index contributed by atoms with van der Waals surface area (Å²) in [5, 5.41) is 2.55. The number of halogens is 1. The normalized spacial score (nSPS) is 17.2. The molecular weight excluding hydrogens is 303 g/mol. The average molecular weight is 318 g/mol. The Balaban J connectivity index is 1.78. The van der Waals surface area contributed by atoms with Gasteiger partial charge in [0.25, 0.3) is 5.91 Å². The highest BCUT2D eigenvalue weighted by Gasteiger charge is 2.21. The van der Waals surface area contributed by atoms with Crippen LogP contribution in [0.2, 0.25) is 0 Å². The van der Waals surface area contributed by atoms with Gasteiger partial charge in [-0.05, 0) is 36.4 Å². The zero-order chi connectivity index (χ0) is 15.4. The maximum Gasteiger partial charge on any atom is 0.261 e. The fourth-order valence-corrected chi connectivity index (χ4v) is 3.27. The summed E-state index contributed by atoms with van der Waals surface area (Å²) < 4.78 is 19.4. The Labute approximate surface area is 132 Å². The maximum absolute atomic E-state index is 13.6. The minimum absolute atomic E-state index is 0.0694. The van der Waals surface area contributed by atoms with E-state index >= 15 is 0 Å². The van der Waals surface area contributed by atoms with Gasteiger partial charge >= 0.3 is 0 Å². The topological polar surface area (TPSA) is 51.2 Å². The maximum atomic E-state index is 13.6. The summed E-state index contributed by atoms with van der Waals surface area (Å²) in [6, 6.07) is 9.33. The van der Waals surface area contributed by atoms with Crippen molar-refractivity contribution in [2.45, 2.75) is 12.5 Å². The van der Waals surface area contributed by atoms with Gasteiger partial charge in [-0.3, -0.25) is 4.79 Å². The zero-order valence-corrected chi connectivity index (χ0v) is 12.6. The Morgan fingerprint density at radius 3 is 2.95 bits per heavy atom. The number of carbonyl (C=O) groups is 1. The largest absolute Gasteiger partial charge is 0.473 e. The van der Waals surface area contributed by atoms with Gasteiger partial charge < -0.3 is 10.1 Å². The Kier molecular flexibility index (Phi) is 4.58. The highest BCUT2D eigenvalue weighted by atomic mass is 32.2.